The Labute approximate surface area is 169 Å². The van der Waals surface area contributed by atoms with Crippen LogP contribution >= 0.6 is 12.2 Å². The summed E-state index contributed by atoms with van der Waals surface area (Å²) >= 11 is 5.22. The maximum Gasteiger partial charge on any atom is 0.265 e. The molecule has 0 bridgehead atoms. The van der Waals surface area contributed by atoms with E-state index in [1.807, 2.05) is 29.6 Å². The molecule has 0 aliphatic carbocycles. The van der Waals surface area contributed by atoms with E-state index in [2.05, 4.69) is 9.97 Å². The summed E-state index contributed by atoms with van der Waals surface area (Å²) in [5, 5.41) is 14.2. The van der Waals surface area contributed by atoms with E-state index in [-0.39, 0.29) is 21.9 Å². The van der Waals surface area contributed by atoms with E-state index in [0.717, 1.165) is 35.1 Å². The highest BCUT2D eigenvalue weighted by molar-refractivity contribution is 7.71. The average Bonchev–Trinajstić information content (AvgIpc) is 3.09. The van der Waals surface area contributed by atoms with Crippen molar-refractivity contribution in [3.8, 4) is 11.6 Å². The van der Waals surface area contributed by atoms with Crippen LogP contribution in [0.1, 0.15) is 22.9 Å². The summed E-state index contributed by atoms with van der Waals surface area (Å²) < 4.78 is 15.5. The molecule has 5 rings (SSSR count). The van der Waals surface area contributed by atoms with Crippen molar-refractivity contribution >= 4 is 23.1 Å². The monoisotopic (exact) mass is 409 g/mol. The largest absolute Gasteiger partial charge is 0.494 e. The van der Waals surface area contributed by atoms with E-state index in [1.165, 1.54) is 16.7 Å². The summed E-state index contributed by atoms with van der Waals surface area (Å²) in [4.78, 5) is 18.8. The van der Waals surface area contributed by atoms with Crippen LogP contribution in [0, 0.1) is 10.6 Å². The second-order valence-corrected chi connectivity index (χ2v) is 7.48. The molecular formula is C21H18FN4O2S+. The summed E-state index contributed by atoms with van der Waals surface area (Å²) in [6, 6.07) is 13.5. The third kappa shape index (κ3) is 2.72. The lowest BCUT2D eigenvalue weighted by Gasteiger charge is -2.22. The van der Waals surface area contributed by atoms with Crippen LogP contribution in [0.25, 0.3) is 16.6 Å². The fraction of sp³-hybridized carbons (Fsp3) is 0.143. The number of aromatic nitrogens is 3. The molecule has 0 amide bonds. The SMILES string of the molecule is O=c1[nH]c(=S)n(-c2ccccc2F)c(O)c1[C@H]1[NH2+]CCc2c1[nH]c1ccccc21. The summed E-state index contributed by atoms with van der Waals surface area (Å²) in [5.74, 6) is -0.896. The van der Waals surface area contributed by atoms with Crippen LogP contribution in [0.5, 0.6) is 5.88 Å². The van der Waals surface area contributed by atoms with Crippen molar-refractivity contribution in [2.45, 2.75) is 12.5 Å². The maximum atomic E-state index is 14.4. The van der Waals surface area contributed by atoms with Gasteiger partial charge in [0, 0.05) is 17.3 Å². The third-order valence-corrected chi connectivity index (χ3v) is 5.76. The molecule has 6 nitrogen and oxygen atoms in total. The molecule has 3 heterocycles. The zero-order chi connectivity index (χ0) is 20.1. The standard InChI is InChI=1S/C21H17FN4O2S/c22-13-6-2-4-8-15(13)26-20(28)16(19(27)25-21(26)29)18-17-12(9-10-23-18)11-5-1-3-7-14(11)24-17/h1-8,18,23-24,28H,9-10H2,(H,25,27,29)/p+1/t18-/m1/s1. The van der Waals surface area contributed by atoms with Gasteiger partial charge in [-0.1, -0.05) is 30.3 Å². The number of aromatic amines is 2. The van der Waals surface area contributed by atoms with Gasteiger partial charge in [0.2, 0.25) is 5.88 Å². The minimum atomic E-state index is -0.546. The van der Waals surface area contributed by atoms with Crippen LogP contribution in [-0.4, -0.2) is 26.2 Å². The average molecular weight is 409 g/mol. The van der Waals surface area contributed by atoms with E-state index in [1.54, 1.807) is 12.1 Å². The molecule has 0 saturated carbocycles. The Kier molecular flexibility index (Phi) is 4.11. The second-order valence-electron chi connectivity index (χ2n) is 7.10. The van der Waals surface area contributed by atoms with Gasteiger partial charge in [-0.05, 0) is 36.0 Å². The molecule has 1 atom stereocenters. The molecule has 146 valence electrons. The van der Waals surface area contributed by atoms with Gasteiger partial charge in [-0.15, -0.1) is 0 Å². The van der Waals surface area contributed by atoms with Crippen molar-refractivity contribution in [2.75, 3.05) is 6.54 Å². The molecule has 0 spiro atoms. The van der Waals surface area contributed by atoms with Crippen molar-refractivity contribution in [2.24, 2.45) is 0 Å². The van der Waals surface area contributed by atoms with Crippen LogP contribution in [0.3, 0.4) is 0 Å². The van der Waals surface area contributed by atoms with Gasteiger partial charge < -0.3 is 15.4 Å². The highest BCUT2D eigenvalue weighted by Crippen LogP contribution is 2.33. The van der Waals surface area contributed by atoms with Crippen molar-refractivity contribution in [3.05, 3.63) is 86.3 Å². The van der Waals surface area contributed by atoms with E-state index < -0.39 is 17.4 Å². The normalized spacial score (nSPS) is 16.1. The zero-order valence-corrected chi connectivity index (χ0v) is 16.1. The molecule has 0 radical (unpaired) electrons. The summed E-state index contributed by atoms with van der Waals surface area (Å²) in [6.07, 6.45) is 0.848. The first-order valence-electron chi connectivity index (χ1n) is 9.32. The van der Waals surface area contributed by atoms with Crippen LogP contribution in [0.15, 0.2) is 53.3 Å². The van der Waals surface area contributed by atoms with Gasteiger partial charge in [-0.25, -0.2) is 4.39 Å². The number of nitrogens with one attached hydrogen (secondary N) is 2. The first kappa shape index (κ1) is 17.8. The Morgan fingerprint density at radius 3 is 2.72 bits per heavy atom. The van der Waals surface area contributed by atoms with Crippen LogP contribution in [0.4, 0.5) is 4.39 Å². The highest BCUT2D eigenvalue weighted by atomic mass is 32.1. The lowest BCUT2D eigenvalue weighted by molar-refractivity contribution is -0.690. The van der Waals surface area contributed by atoms with Gasteiger partial charge in [0.1, 0.15) is 11.4 Å². The number of nitrogens with two attached hydrogens (primary N) is 1. The van der Waals surface area contributed by atoms with Gasteiger partial charge >= 0.3 is 0 Å². The van der Waals surface area contributed by atoms with E-state index in [9.17, 15) is 14.3 Å². The fourth-order valence-corrected chi connectivity index (χ4v) is 4.48. The van der Waals surface area contributed by atoms with E-state index >= 15 is 0 Å². The lowest BCUT2D eigenvalue weighted by atomic mass is 9.95. The molecule has 2 aromatic heterocycles. The van der Waals surface area contributed by atoms with Crippen molar-refractivity contribution < 1.29 is 14.8 Å². The van der Waals surface area contributed by atoms with Crippen LogP contribution in [-0.2, 0) is 6.42 Å². The molecule has 2 aromatic carbocycles. The molecule has 1 aliphatic heterocycles. The number of hydrogen-bond acceptors (Lipinski definition) is 3. The third-order valence-electron chi connectivity index (χ3n) is 5.48. The number of para-hydroxylation sites is 2. The summed E-state index contributed by atoms with van der Waals surface area (Å²) in [5.41, 5.74) is 2.74. The molecule has 0 fully saturated rings. The quantitative estimate of drug-likeness (QED) is 0.383. The fourth-order valence-electron chi connectivity index (χ4n) is 4.21. The number of aromatic hydroxyl groups is 1. The van der Waals surface area contributed by atoms with Gasteiger partial charge in [-0.2, -0.15) is 0 Å². The molecule has 8 heteroatoms. The Morgan fingerprint density at radius 2 is 1.90 bits per heavy atom. The zero-order valence-electron chi connectivity index (χ0n) is 15.3. The Hall–Kier alpha value is -3.23. The van der Waals surface area contributed by atoms with Crippen LogP contribution < -0.4 is 10.9 Å². The number of halogens is 1. The van der Waals surface area contributed by atoms with Crippen molar-refractivity contribution in [1.82, 2.24) is 14.5 Å². The van der Waals surface area contributed by atoms with Crippen molar-refractivity contribution in [3.63, 3.8) is 0 Å². The molecule has 0 saturated heterocycles. The predicted octanol–water partition coefficient (Wildman–Crippen LogP) is 2.43. The van der Waals surface area contributed by atoms with Crippen molar-refractivity contribution in [1.29, 1.82) is 0 Å². The number of H-pyrrole nitrogens is 2. The van der Waals surface area contributed by atoms with Gasteiger partial charge in [0.15, 0.2) is 10.8 Å². The smallest absolute Gasteiger partial charge is 0.265 e. The highest BCUT2D eigenvalue weighted by Gasteiger charge is 2.34. The predicted molar refractivity (Wildman–Crippen MR) is 109 cm³/mol. The first-order chi connectivity index (χ1) is 14.1. The molecular weight excluding hydrogens is 391 g/mol. The minimum absolute atomic E-state index is 0.0611. The molecule has 29 heavy (non-hydrogen) atoms. The number of rotatable bonds is 2. The first-order valence-corrected chi connectivity index (χ1v) is 9.73. The minimum Gasteiger partial charge on any atom is -0.494 e. The number of nitrogens with zero attached hydrogens (tertiary/aromatic N) is 1. The van der Waals surface area contributed by atoms with Crippen LogP contribution in [0.2, 0.25) is 0 Å². The number of quaternary nitrogens is 1. The van der Waals surface area contributed by atoms with Gasteiger partial charge in [-0.3, -0.25) is 14.3 Å². The number of benzene rings is 2. The van der Waals surface area contributed by atoms with E-state index in [0.29, 0.717) is 0 Å². The number of hydrogen-bond donors (Lipinski definition) is 4. The summed E-state index contributed by atoms with van der Waals surface area (Å²) in [7, 11) is 0. The topological polar surface area (TPSA) is 90.4 Å². The lowest BCUT2D eigenvalue weighted by Crippen LogP contribution is -2.87. The maximum absolute atomic E-state index is 14.4. The molecule has 1 aliphatic rings. The summed E-state index contributed by atoms with van der Waals surface area (Å²) in [6.45, 7) is 0.758. The Bertz CT molecular complexity index is 1370. The van der Waals surface area contributed by atoms with Gasteiger partial charge in [0.25, 0.3) is 5.56 Å². The van der Waals surface area contributed by atoms with Gasteiger partial charge in [0.05, 0.1) is 17.9 Å². The molecule has 4 aromatic rings. The number of fused-ring (bicyclic) bond motifs is 3. The second kappa shape index (κ2) is 6.68. The Morgan fingerprint density at radius 1 is 1.14 bits per heavy atom. The molecule has 5 N–H and O–H groups in total. The Balaban J connectivity index is 1.77. The molecule has 0 unspecified atom stereocenters. The van der Waals surface area contributed by atoms with E-state index in [4.69, 9.17) is 12.2 Å².